The second-order valence-electron chi connectivity index (χ2n) is 5.93. The SMILES string of the molecule is O=C(NCCCN1CCC(O)CC1)c1cccc2cc[nH]c12. The van der Waals surface area contributed by atoms with Crippen molar-refractivity contribution < 1.29 is 9.90 Å². The molecule has 0 bridgehead atoms. The Hall–Kier alpha value is -1.85. The lowest BCUT2D eigenvalue weighted by Crippen LogP contribution is -2.37. The Bertz CT molecular complexity index is 630. The monoisotopic (exact) mass is 301 g/mol. The molecule has 1 aliphatic heterocycles. The van der Waals surface area contributed by atoms with Gasteiger partial charge in [-0.1, -0.05) is 12.1 Å². The number of aromatic amines is 1. The number of nitrogens with zero attached hydrogens (tertiary/aromatic N) is 1. The number of fused-ring (bicyclic) bond motifs is 1. The predicted molar refractivity (Wildman–Crippen MR) is 86.9 cm³/mol. The quantitative estimate of drug-likeness (QED) is 0.737. The number of aliphatic hydroxyl groups is 1. The van der Waals surface area contributed by atoms with Crippen molar-refractivity contribution >= 4 is 16.8 Å². The van der Waals surface area contributed by atoms with Crippen LogP contribution in [0, 0.1) is 0 Å². The summed E-state index contributed by atoms with van der Waals surface area (Å²) in [5.41, 5.74) is 1.59. The maximum absolute atomic E-state index is 12.3. The van der Waals surface area contributed by atoms with Crippen LogP contribution in [0.3, 0.4) is 0 Å². The number of carbonyl (C=O) groups is 1. The molecule has 1 aliphatic rings. The molecule has 0 radical (unpaired) electrons. The standard InChI is InChI=1S/C17H23N3O2/c21-14-6-11-20(12-7-14)10-2-8-19-17(22)15-4-1-3-13-5-9-18-16(13)15/h1,3-5,9,14,18,21H,2,6-8,10-12H2,(H,19,22). The molecule has 1 saturated heterocycles. The first-order valence-corrected chi connectivity index (χ1v) is 7.99. The molecule has 1 fully saturated rings. The largest absolute Gasteiger partial charge is 0.393 e. The molecule has 0 saturated carbocycles. The fourth-order valence-corrected chi connectivity index (χ4v) is 3.02. The highest BCUT2D eigenvalue weighted by Crippen LogP contribution is 2.16. The van der Waals surface area contributed by atoms with Crippen LogP contribution in [0.2, 0.25) is 0 Å². The van der Waals surface area contributed by atoms with Gasteiger partial charge < -0.3 is 20.3 Å². The summed E-state index contributed by atoms with van der Waals surface area (Å²) >= 11 is 0. The molecule has 0 spiro atoms. The van der Waals surface area contributed by atoms with Crippen molar-refractivity contribution in [3.8, 4) is 0 Å². The molecule has 1 aromatic carbocycles. The predicted octanol–water partition coefficient (Wildman–Crippen LogP) is 1.74. The molecule has 1 amide bonds. The Morgan fingerprint density at radius 2 is 2.14 bits per heavy atom. The highest BCUT2D eigenvalue weighted by molar-refractivity contribution is 6.05. The fourth-order valence-electron chi connectivity index (χ4n) is 3.02. The van der Waals surface area contributed by atoms with Gasteiger partial charge >= 0.3 is 0 Å². The molecule has 22 heavy (non-hydrogen) atoms. The van der Waals surface area contributed by atoms with Crippen molar-refractivity contribution in [2.24, 2.45) is 0 Å². The van der Waals surface area contributed by atoms with Crippen LogP contribution in [0.1, 0.15) is 29.6 Å². The maximum Gasteiger partial charge on any atom is 0.253 e. The van der Waals surface area contributed by atoms with Gasteiger partial charge in [0, 0.05) is 31.2 Å². The number of para-hydroxylation sites is 1. The molecule has 5 nitrogen and oxygen atoms in total. The van der Waals surface area contributed by atoms with Gasteiger partial charge in [0.15, 0.2) is 0 Å². The number of benzene rings is 1. The first-order chi connectivity index (χ1) is 10.7. The average molecular weight is 301 g/mol. The van der Waals surface area contributed by atoms with Crippen molar-refractivity contribution in [1.29, 1.82) is 0 Å². The van der Waals surface area contributed by atoms with Gasteiger partial charge in [-0.3, -0.25) is 4.79 Å². The van der Waals surface area contributed by atoms with E-state index in [2.05, 4.69) is 15.2 Å². The van der Waals surface area contributed by atoms with E-state index in [1.165, 1.54) is 0 Å². The zero-order valence-electron chi connectivity index (χ0n) is 12.7. The zero-order chi connectivity index (χ0) is 15.4. The lowest BCUT2D eigenvalue weighted by atomic mass is 10.1. The molecular weight excluding hydrogens is 278 g/mol. The van der Waals surface area contributed by atoms with Crippen LogP contribution >= 0.6 is 0 Å². The Labute approximate surface area is 130 Å². The third-order valence-corrected chi connectivity index (χ3v) is 4.33. The second kappa shape index (κ2) is 6.94. The number of carbonyl (C=O) groups excluding carboxylic acids is 1. The summed E-state index contributed by atoms with van der Waals surface area (Å²) in [6.07, 6.45) is 4.38. The number of aromatic nitrogens is 1. The number of piperidine rings is 1. The molecule has 118 valence electrons. The van der Waals surface area contributed by atoms with Crippen molar-refractivity contribution in [2.75, 3.05) is 26.2 Å². The Kier molecular flexibility index (Phi) is 4.75. The van der Waals surface area contributed by atoms with Gasteiger partial charge in [0.2, 0.25) is 0 Å². The first kappa shape index (κ1) is 15.1. The second-order valence-corrected chi connectivity index (χ2v) is 5.93. The molecule has 0 aliphatic carbocycles. The normalized spacial score (nSPS) is 17.0. The molecule has 1 aromatic heterocycles. The van der Waals surface area contributed by atoms with Gasteiger partial charge in [-0.2, -0.15) is 0 Å². The molecular formula is C17H23N3O2. The van der Waals surface area contributed by atoms with Crippen LogP contribution in [-0.4, -0.2) is 53.2 Å². The molecule has 2 heterocycles. The van der Waals surface area contributed by atoms with Crippen LogP contribution in [0.4, 0.5) is 0 Å². The third kappa shape index (κ3) is 3.48. The van der Waals surface area contributed by atoms with Crippen LogP contribution < -0.4 is 5.32 Å². The topological polar surface area (TPSA) is 68.4 Å². The van der Waals surface area contributed by atoms with Crippen molar-refractivity contribution in [3.63, 3.8) is 0 Å². The average Bonchev–Trinajstić information content (AvgIpc) is 3.01. The number of H-pyrrole nitrogens is 1. The van der Waals surface area contributed by atoms with E-state index in [9.17, 15) is 9.90 Å². The van der Waals surface area contributed by atoms with Gasteiger partial charge in [0.1, 0.15) is 0 Å². The van der Waals surface area contributed by atoms with E-state index in [1.54, 1.807) is 0 Å². The van der Waals surface area contributed by atoms with Crippen molar-refractivity contribution in [2.45, 2.75) is 25.4 Å². The molecule has 3 N–H and O–H groups in total. The van der Waals surface area contributed by atoms with E-state index >= 15 is 0 Å². The number of hydrogen-bond donors (Lipinski definition) is 3. The van der Waals surface area contributed by atoms with E-state index < -0.39 is 0 Å². The van der Waals surface area contributed by atoms with Gasteiger partial charge in [-0.05, 0) is 37.9 Å². The summed E-state index contributed by atoms with van der Waals surface area (Å²) in [7, 11) is 0. The fraction of sp³-hybridized carbons (Fsp3) is 0.471. The summed E-state index contributed by atoms with van der Waals surface area (Å²) in [5, 5.41) is 13.5. The van der Waals surface area contributed by atoms with Gasteiger partial charge in [0.25, 0.3) is 5.91 Å². The molecule has 0 atom stereocenters. The summed E-state index contributed by atoms with van der Waals surface area (Å²) in [6.45, 7) is 3.56. The van der Waals surface area contributed by atoms with Crippen LogP contribution in [0.5, 0.6) is 0 Å². The lowest BCUT2D eigenvalue weighted by Gasteiger charge is -2.29. The molecule has 3 rings (SSSR count). The number of hydrogen-bond acceptors (Lipinski definition) is 3. The number of rotatable bonds is 5. The Morgan fingerprint density at radius 1 is 1.32 bits per heavy atom. The van der Waals surface area contributed by atoms with Crippen LogP contribution in [0.15, 0.2) is 30.5 Å². The van der Waals surface area contributed by atoms with Gasteiger partial charge in [-0.15, -0.1) is 0 Å². The minimum absolute atomic E-state index is 0.0258. The van der Waals surface area contributed by atoms with Crippen LogP contribution in [-0.2, 0) is 0 Å². The highest BCUT2D eigenvalue weighted by Gasteiger charge is 2.16. The third-order valence-electron chi connectivity index (χ3n) is 4.33. The van der Waals surface area contributed by atoms with Crippen molar-refractivity contribution in [1.82, 2.24) is 15.2 Å². The molecule has 2 aromatic rings. The zero-order valence-corrected chi connectivity index (χ0v) is 12.7. The van der Waals surface area contributed by atoms with E-state index in [1.807, 2.05) is 30.5 Å². The summed E-state index contributed by atoms with van der Waals surface area (Å²) < 4.78 is 0. The summed E-state index contributed by atoms with van der Waals surface area (Å²) in [6, 6.07) is 7.72. The highest BCUT2D eigenvalue weighted by atomic mass is 16.3. The summed E-state index contributed by atoms with van der Waals surface area (Å²) in [5.74, 6) is -0.0258. The van der Waals surface area contributed by atoms with Gasteiger partial charge in [0.05, 0.1) is 17.2 Å². The number of nitrogens with one attached hydrogen (secondary N) is 2. The Balaban J connectivity index is 1.46. The minimum Gasteiger partial charge on any atom is -0.393 e. The van der Waals surface area contributed by atoms with E-state index in [0.29, 0.717) is 12.1 Å². The molecule has 5 heteroatoms. The van der Waals surface area contributed by atoms with Crippen molar-refractivity contribution in [3.05, 3.63) is 36.0 Å². The van der Waals surface area contributed by atoms with E-state index in [-0.39, 0.29) is 12.0 Å². The maximum atomic E-state index is 12.3. The van der Waals surface area contributed by atoms with Crippen LogP contribution in [0.25, 0.3) is 10.9 Å². The van der Waals surface area contributed by atoms with E-state index in [0.717, 1.165) is 49.8 Å². The number of amides is 1. The summed E-state index contributed by atoms with van der Waals surface area (Å²) in [4.78, 5) is 17.7. The minimum atomic E-state index is -0.128. The Morgan fingerprint density at radius 3 is 2.95 bits per heavy atom. The van der Waals surface area contributed by atoms with Gasteiger partial charge in [-0.25, -0.2) is 0 Å². The number of likely N-dealkylation sites (tertiary alicyclic amines) is 1. The molecule has 0 unspecified atom stereocenters. The first-order valence-electron chi connectivity index (χ1n) is 7.99. The smallest absolute Gasteiger partial charge is 0.253 e. The number of aliphatic hydroxyl groups excluding tert-OH is 1. The lowest BCUT2D eigenvalue weighted by molar-refractivity contribution is 0.0816. The van der Waals surface area contributed by atoms with E-state index in [4.69, 9.17) is 0 Å².